The summed E-state index contributed by atoms with van der Waals surface area (Å²) in [6.45, 7) is 16.4. The summed E-state index contributed by atoms with van der Waals surface area (Å²) >= 11 is 0. The summed E-state index contributed by atoms with van der Waals surface area (Å²) < 4.78 is 2.37. The summed E-state index contributed by atoms with van der Waals surface area (Å²) in [6.07, 6.45) is 0. The Morgan fingerprint density at radius 3 is 2.10 bits per heavy atom. The number of nitrogens with zero attached hydrogens (tertiary/aromatic N) is 1. The van der Waals surface area contributed by atoms with Crippen LogP contribution in [0.2, 0.25) is 19.6 Å². The lowest BCUT2D eigenvalue weighted by Gasteiger charge is -2.24. The molecule has 0 aliphatic heterocycles. The lowest BCUT2D eigenvalue weighted by Crippen LogP contribution is -2.38. The Hall–Kier alpha value is -2.45. The van der Waals surface area contributed by atoms with Gasteiger partial charge in [-0.1, -0.05) is 75.9 Å². The summed E-state index contributed by atoms with van der Waals surface area (Å²) in [5.74, 6) is 0. The normalized spacial score (nSPS) is 12.7. The molecule has 0 N–H and O–H groups in total. The third-order valence-corrected chi connectivity index (χ3v) is 8.48. The zero-order valence-corrected chi connectivity index (χ0v) is 20.7. The van der Waals surface area contributed by atoms with Crippen molar-refractivity contribution in [3.8, 4) is 11.3 Å². The Kier molecular flexibility index (Phi) is 4.89. The van der Waals surface area contributed by atoms with Gasteiger partial charge in [0.15, 0.2) is 0 Å². The molecule has 154 valence electrons. The van der Waals surface area contributed by atoms with Crippen LogP contribution in [-0.4, -0.2) is 8.07 Å². The predicted molar refractivity (Wildman–Crippen MR) is 134 cm³/mol. The van der Waals surface area contributed by atoms with E-state index in [9.17, 15) is 0 Å². The molecule has 0 atom stereocenters. The lowest BCUT2D eigenvalue weighted by atomic mass is 9.80. The average molecular weight is 413 g/mol. The molecule has 0 saturated heterocycles. The number of rotatable bonds is 2. The second-order valence-corrected chi connectivity index (χ2v) is 15.8. The fraction of sp³-hybridized carbons (Fsp3) is 0.321. The molecule has 0 spiro atoms. The monoisotopic (exact) mass is 412 g/mol. The summed E-state index contributed by atoms with van der Waals surface area (Å²) in [4.78, 5) is 0. The van der Waals surface area contributed by atoms with Crippen LogP contribution < -0.4 is 9.75 Å². The highest BCUT2D eigenvalue weighted by molar-refractivity contribution is 6.88. The van der Waals surface area contributed by atoms with Crippen molar-refractivity contribution in [3.63, 3.8) is 0 Å². The molecule has 4 rings (SSSR count). The number of aromatic nitrogens is 1. The lowest BCUT2D eigenvalue weighted by molar-refractivity contribution is -0.633. The van der Waals surface area contributed by atoms with E-state index in [0.29, 0.717) is 0 Å². The largest absolute Gasteiger partial charge is 0.213 e. The van der Waals surface area contributed by atoms with Gasteiger partial charge in [0, 0.05) is 23.1 Å². The standard InChI is InChI=1S/C28H34NSi/c1-19-22-11-9-10-12-23(22)25(28(2,3)4)18-24(19)27-15-13-20-17-21(30(6,7)8)14-16-26(20)29(27)5/h9-18H,1-8H3/q+1. The zero-order chi connectivity index (χ0) is 21.8. The Balaban J connectivity index is 2.01. The SMILES string of the molecule is Cc1c(-c2ccc3cc([Si](C)(C)C)ccc3[n+]2C)cc(C(C)(C)C)c2ccccc12. The van der Waals surface area contributed by atoms with E-state index in [1.165, 1.54) is 49.2 Å². The molecule has 1 aromatic heterocycles. The van der Waals surface area contributed by atoms with Gasteiger partial charge in [-0.15, -0.1) is 0 Å². The first kappa shape index (κ1) is 20.8. The molecule has 0 aliphatic rings. The van der Waals surface area contributed by atoms with Gasteiger partial charge < -0.3 is 0 Å². The minimum Gasteiger partial charge on any atom is -0.194 e. The molecule has 30 heavy (non-hydrogen) atoms. The molecule has 0 unspecified atom stereocenters. The molecule has 0 saturated carbocycles. The first-order valence-corrected chi connectivity index (χ1v) is 14.4. The quantitative estimate of drug-likeness (QED) is 0.257. The molecule has 0 radical (unpaired) electrons. The van der Waals surface area contributed by atoms with Crippen LogP contribution in [0.1, 0.15) is 31.9 Å². The Morgan fingerprint density at radius 2 is 1.47 bits per heavy atom. The second-order valence-electron chi connectivity index (χ2n) is 10.7. The van der Waals surface area contributed by atoms with E-state index in [1.807, 2.05) is 0 Å². The number of fused-ring (bicyclic) bond motifs is 2. The molecular formula is C28H34NSi+. The Labute approximate surface area is 182 Å². The Bertz CT molecular complexity index is 1270. The molecule has 4 aromatic rings. The maximum absolute atomic E-state index is 2.43. The average Bonchev–Trinajstić information content (AvgIpc) is 2.67. The molecule has 0 bridgehead atoms. The van der Waals surface area contributed by atoms with Gasteiger partial charge in [-0.3, -0.25) is 0 Å². The van der Waals surface area contributed by atoms with Crippen molar-refractivity contribution >= 4 is 34.9 Å². The van der Waals surface area contributed by atoms with E-state index >= 15 is 0 Å². The topological polar surface area (TPSA) is 3.88 Å². The van der Waals surface area contributed by atoms with Crippen LogP contribution in [0.15, 0.2) is 60.7 Å². The van der Waals surface area contributed by atoms with Gasteiger partial charge in [-0.05, 0) is 52.4 Å². The number of pyridine rings is 1. The summed E-state index contributed by atoms with van der Waals surface area (Å²) in [6, 6.07) is 22.9. The smallest absolute Gasteiger partial charge is 0.194 e. The first-order valence-electron chi connectivity index (χ1n) is 10.9. The third kappa shape index (κ3) is 3.48. The zero-order valence-electron chi connectivity index (χ0n) is 19.7. The van der Waals surface area contributed by atoms with Crippen molar-refractivity contribution in [3.05, 3.63) is 71.8 Å². The van der Waals surface area contributed by atoms with Crippen LogP contribution >= 0.6 is 0 Å². The van der Waals surface area contributed by atoms with E-state index < -0.39 is 8.07 Å². The van der Waals surface area contributed by atoms with Crippen LogP contribution in [-0.2, 0) is 12.5 Å². The van der Waals surface area contributed by atoms with Gasteiger partial charge >= 0.3 is 0 Å². The Morgan fingerprint density at radius 1 is 0.800 bits per heavy atom. The first-order chi connectivity index (χ1) is 14.0. The maximum Gasteiger partial charge on any atom is 0.213 e. The highest BCUT2D eigenvalue weighted by Crippen LogP contribution is 2.37. The maximum atomic E-state index is 2.43. The fourth-order valence-corrected chi connectivity index (χ4v) is 5.72. The van der Waals surface area contributed by atoms with Crippen molar-refractivity contribution in [2.75, 3.05) is 0 Å². The van der Waals surface area contributed by atoms with Crippen LogP contribution in [0.25, 0.3) is 32.9 Å². The van der Waals surface area contributed by atoms with Gasteiger partial charge in [0.2, 0.25) is 11.2 Å². The molecular weight excluding hydrogens is 378 g/mol. The van der Waals surface area contributed by atoms with Crippen molar-refractivity contribution in [1.29, 1.82) is 0 Å². The van der Waals surface area contributed by atoms with Crippen molar-refractivity contribution in [1.82, 2.24) is 0 Å². The molecule has 1 nitrogen and oxygen atoms in total. The van der Waals surface area contributed by atoms with Gasteiger partial charge in [0.25, 0.3) is 0 Å². The number of hydrogen-bond acceptors (Lipinski definition) is 0. The van der Waals surface area contributed by atoms with Crippen LogP contribution in [0.4, 0.5) is 0 Å². The van der Waals surface area contributed by atoms with E-state index in [1.54, 1.807) is 0 Å². The highest BCUT2D eigenvalue weighted by atomic mass is 28.3. The molecule has 2 heteroatoms. The van der Waals surface area contributed by atoms with Gasteiger partial charge in [-0.25, -0.2) is 0 Å². The highest BCUT2D eigenvalue weighted by Gasteiger charge is 2.24. The minimum absolute atomic E-state index is 0.0870. The fourth-order valence-electron chi connectivity index (χ4n) is 4.55. The third-order valence-electron chi connectivity index (χ3n) is 6.43. The second kappa shape index (κ2) is 7.06. The van der Waals surface area contributed by atoms with Crippen molar-refractivity contribution in [2.24, 2.45) is 7.05 Å². The predicted octanol–water partition coefficient (Wildman–Crippen LogP) is 6.64. The number of benzene rings is 3. The van der Waals surface area contributed by atoms with E-state index in [4.69, 9.17) is 0 Å². The van der Waals surface area contributed by atoms with Gasteiger partial charge in [0.05, 0.1) is 8.07 Å². The molecule has 0 fully saturated rings. The van der Waals surface area contributed by atoms with E-state index in [-0.39, 0.29) is 5.41 Å². The van der Waals surface area contributed by atoms with Crippen molar-refractivity contribution in [2.45, 2.75) is 52.8 Å². The van der Waals surface area contributed by atoms with Crippen LogP contribution in [0, 0.1) is 6.92 Å². The molecule has 0 aliphatic carbocycles. The van der Waals surface area contributed by atoms with E-state index in [2.05, 4.69) is 120 Å². The summed E-state index contributed by atoms with van der Waals surface area (Å²) in [5, 5.41) is 5.57. The molecule has 0 amide bonds. The minimum atomic E-state index is -1.32. The van der Waals surface area contributed by atoms with Gasteiger partial charge in [0.1, 0.15) is 7.05 Å². The van der Waals surface area contributed by atoms with Crippen LogP contribution in [0.5, 0.6) is 0 Å². The number of hydrogen-bond donors (Lipinski definition) is 0. The molecule has 3 aromatic carbocycles. The van der Waals surface area contributed by atoms with Crippen molar-refractivity contribution < 1.29 is 4.57 Å². The van der Waals surface area contributed by atoms with Crippen LogP contribution in [0.3, 0.4) is 0 Å². The number of aryl methyl sites for hydroxylation is 2. The molecule has 1 heterocycles. The summed E-state index contributed by atoms with van der Waals surface area (Å²) in [7, 11) is 0.883. The van der Waals surface area contributed by atoms with Gasteiger partial charge in [-0.2, -0.15) is 4.57 Å². The summed E-state index contributed by atoms with van der Waals surface area (Å²) in [5.41, 5.74) is 6.75. The van der Waals surface area contributed by atoms with E-state index in [0.717, 1.165) is 0 Å².